The van der Waals surface area contributed by atoms with Gasteiger partial charge in [0.15, 0.2) is 0 Å². The zero-order chi connectivity index (χ0) is 12.1. The first-order chi connectivity index (χ1) is 8.22. The molecule has 0 amide bonds. The first kappa shape index (κ1) is 12.2. The highest BCUT2D eigenvalue weighted by atomic mass is 16.6. The fraction of sp³-hybridized carbons (Fsp3) is 0.467. The Labute approximate surface area is 103 Å². The van der Waals surface area contributed by atoms with E-state index in [0.717, 1.165) is 25.2 Å². The first-order valence-electron chi connectivity index (χ1n) is 6.19. The SMILES string of the molecule is C/C=C/CCc1ccc(OCC2(C)CO2)cc1. The Balaban J connectivity index is 1.80. The summed E-state index contributed by atoms with van der Waals surface area (Å²) in [4.78, 5) is 0. The van der Waals surface area contributed by atoms with Gasteiger partial charge >= 0.3 is 0 Å². The second-order valence-corrected chi connectivity index (χ2v) is 4.78. The molecule has 1 fully saturated rings. The van der Waals surface area contributed by atoms with Crippen LogP contribution in [0.25, 0.3) is 0 Å². The lowest BCUT2D eigenvalue weighted by molar-refractivity contribution is 0.202. The standard InChI is InChI=1S/C15H20O2/c1-3-4-5-6-13-7-9-14(10-8-13)16-11-15(2)12-17-15/h3-4,7-10H,5-6,11-12H2,1-2H3/b4-3+. The fourth-order valence-electron chi connectivity index (χ4n) is 1.61. The van der Waals surface area contributed by atoms with Crippen LogP contribution in [0, 0.1) is 0 Å². The van der Waals surface area contributed by atoms with Crippen LogP contribution in [0.1, 0.15) is 25.8 Å². The third-order valence-electron chi connectivity index (χ3n) is 2.94. The van der Waals surface area contributed by atoms with E-state index in [0.29, 0.717) is 6.61 Å². The molecule has 0 aromatic heterocycles. The van der Waals surface area contributed by atoms with Crippen LogP contribution in [-0.2, 0) is 11.2 Å². The van der Waals surface area contributed by atoms with Gasteiger partial charge in [-0.25, -0.2) is 0 Å². The lowest BCUT2D eigenvalue weighted by Gasteiger charge is -2.09. The van der Waals surface area contributed by atoms with E-state index in [2.05, 4.69) is 38.1 Å². The lowest BCUT2D eigenvalue weighted by atomic mass is 10.1. The molecule has 92 valence electrons. The van der Waals surface area contributed by atoms with Crippen molar-refractivity contribution in [3.8, 4) is 5.75 Å². The van der Waals surface area contributed by atoms with Gasteiger partial charge in [0.1, 0.15) is 18.0 Å². The molecule has 0 aliphatic carbocycles. The van der Waals surface area contributed by atoms with E-state index < -0.39 is 0 Å². The Morgan fingerprint density at radius 2 is 2.06 bits per heavy atom. The van der Waals surface area contributed by atoms with Crippen LogP contribution in [0.2, 0.25) is 0 Å². The first-order valence-corrected chi connectivity index (χ1v) is 6.19. The summed E-state index contributed by atoms with van der Waals surface area (Å²) in [5.74, 6) is 0.927. The van der Waals surface area contributed by atoms with Gasteiger partial charge in [0.2, 0.25) is 0 Å². The molecule has 17 heavy (non-hydrogen) atoms. The van der Waals surface area contributed by atoms with Gasteiger partial charge in [-0.1, -0.05) is 24.3 Å². The average molecular weight is 232 g/mol. The molecular weight excluding hydrogens is 212 g/mol. The summed E-state index contributed by atoms with van der Waals surface area (Å²) in [5, 5.41) is 0. The summed E-state index contributed by atoms with van der Waals surface area (Å²) in [7, 11) is 0. The lowest BCUT2D eigenvalue weighted by Crippen LogP contribution is -2.16. The molecule has 1 saturated heterocycles. The number of aryl methyl sites for hydroxylation is 1. The summed E-state index contributed by atoms with van der Waals surface area (Å²) in [6, 6.07) is 8.34. The Morgan fingerprint density at radius 1 is 1.35 bits per heavy atom. The van der Waals surface area contributed by atoms with Gasteiger partial charge in [-0.05, 0) is 44.4 Å². The van der Waals surface area contributed by atoms with Gasteiger partial charge in [-0.3, -0.25) is 0 Å². The minimum Gasteiger partial charge on any atom is -0.491 e. The van der Waals surface area contributed by atoms with E-state index >= 15 is 0 Å². The molecule has 2 heteroatoms. The largest absolute Gasteiger partial charge is 0.491 e. The number of epoxide rings is 1. The zero-order valence-electron chi connectivity index (χ0n) is 10.6. The summed E-state index contributed by atoms with van der Waals surface area (Å²) in [6.45, 7) is 5.58. The van der Waals surface area contributed by atoms with Crippen molar-refractivity contribution in [2.75, 3.05) is 13.2 Å². The maximum absolute atomic E-state index is 5.67. The fourth-order valence-corrected chi connectivity index (χ4v) is 1.61. The van der Waals surface area contributed by atoms with Crippen molar-refractivity contribution in [1.82, 2.24) is 0 Å². The minimum absolute atomic E-state index is 0.0371. The molecule has 2 rings (SSSR count). The van der Waals surface area contributed by atoms with Crippen molar-refractivity contribution in [3.05, 3.63) is 42.0 Å². The summed E-state index contributed by atoms with van der Waals surface area (Å²) in [5.41, 5.74) is 1.31. The van der Waals surface area contributed by atoms with Crippen LogP contribution in [0.5, 0.6) is 5.75 Å². The van der Waals surface area contributed by atoms with Crippen LogP contribution in [0.4, 0.5) is 0 Å². The maximum atomic E-state index is 5.67. The molecule has 0 saturated carbocycles. The van der Waals surface area contributed by atoms with Crippen molar-refractivity contribution in [2.24, 2.45) is 0 Å². The van der Waals surface area contributed by atoms with Crippen molar-refractivity contribution >= 4 is 0 Å². The van der Waals surface area contributed by atoms with E-state index in [9.17, 15) is 0 Å². The smallest absolute Gasteiger partial charge is 0.123 e. The molecule has 1 aliphatic rings. The number of rotatable bonds is 6. The van der Waals surface area contributed by atoms with E-state index in [1.165, 1.54) is 5.56 Å². The summed E-state index contributed by atoms with van der Waals surface area (Å²) >= 11 is 0. The highest BCUT2D eigenvalue weighted by Gasteiger charge is 2.40. The van der Waals surface area contributed by atoms with Gasteiger partial charge in [-0.15, -0.1) is 0 Å². The Morgan fingerprint density at radius 3 is 2.65 bits per heavy atom. The molecule has 0 radical (unpaired) electrons. The molecule has 1 atom stereocenters. The zero-order valence-corrected chi connectivity index (χ0v) is 10.6. The van der Waals surface area contributed by atoms with Crippen LogP contribution in [0.15, 0.2) is 36.4 Å². The Hall–Kier alpha value is -1.28. The molecular formula is C15H20O2. The topological polar surface area (TPSA) is 21.8 Å². The van der Waals surface area contributed by atoms with Crippen molar-refractivity contribution in [3.63, 3.8) is 0 Å². The molecule has 1 aromatic rings. The second-order valence-electron chi connectivity index (χ2n) is 4.78. The van der Waals surface area contributed by atoms with Crippen molar-refractivity contribution in [2.45, 2.75) is 32.3 Å². The predicted molar refractivity (Wildman–Crippen MR) is 69.4 cm³/mol. The molecule has 1 aromatic carbocycles. The third kappa shape index (κ3) is 3.90. The van der Waals surface area contributed by atoms with Gasteiger partial charge in [0.05, 0.1) is 6.61 Å². The van der Waals surface area contributed by atoms with E-state index in [4.69, 9.17) is 9.47 Å². The Bertz CT molecular complexity index is 374. The van der Waals surface area contributed by atoms with Crippen LogP contribution < -0.4 is 4.74 Å². The third-order valence-corrected chi connectivity index (χ3v) is 2.94. The highest BCUT2D eigenvalue weighted by molar-refractivity contribution is 5.27. The van der Waals surface area contributed by atoms with Crippen LogP contribution in [0.3, 0.4) is 0 Å². The monoisotopic (exact) mass is 232 g/mol. The molecule has 0 spiro atoms. The van der Waals surface area contributed by atoms with Gasteiger partial charge < -0.3 is 9.47 Å². The summed E-state index contributed by atoms with van der Waals surface area (Å²) in [6.07, 6.45) is 6.47. The van der Waals surface area contributed by atoms with E-state index in [1.54, 1.807) is 0 Å². The van der Waals surface area contributed by atoms with Crippen molar-refractivity contribution < 1.29 is 9.47 Å². The number of hydrogen-bond donors (Lipinski definition) is 0. The van der Waals surface area contributed by atoms with Crippen LogP contribution in [-0.4, -0.2) is 18.8 Å². The highest BCUT2D eigenvalue weighted by Crippen LogP contribution is 2.26. The Kier molecular flexibility index (Phi) is 3.85. The summed E-state index contributed by atoms with van der Waals surface area (Å²) < 4.78 is 10.9. The molecule has 0 bridgehead atoms. The minimum atomic E-state index is -0.0371. The molecule has 2 nitrogen and oxygen atoms in total. The van der Waals surface area contributed by atoms with Gasteiger partial charge in [-0.2, -0.15) is 0 Å². The van der Waals surface area contributed by atoms with Gasteiger partial charge in [0, 0.05) is 0 Å². The number of benzene rings is 1. The number of hydrogen-bond acceptors (Lipinski definition) is 2. The molecule has 1 unspecified atom stereocenters. The average Bonchev–Trinajstić information content (AvgIpc) is 3.07. The van der Waals surface area contributed by atoms with Gasteiger partial charge in [0.25, 0.3) is 0 Å². The molecule has 1 aliphatic heterocycles. The van der Waals surface area contributed by atoms with Crippen LogP contribution >= 0.6 is 0 Å². The van der Waals surface area contributed by atoms with Crippen molar-refractivity contribution in [1.29, 1.82) is 0 Å². The molecule has 0 N–H and O–H groups in total. The second kappa shape index (κ2) is 5.37. The van der Waals surface area contributed by atoms with E-state index in [-0.39, 0.29) is 5.60 Å². The number of allylic oxidation sites excluding steroid dienone is 2. The predicted octanol–water partition coefficient (Wildman–Crippen LogP) is 3.36. The quantitative estimate of drug-likeness (QED) is 0.554. The molecule has 1 heterocycles. The normalized spacial score (nSPS) is 22.9. The number of ether oxygens (including phenoxy) is 2. The van der Waals surface area contributed by atoms with E-state index in [1.807, 2.05) is 12.1 Å². The maximum Gasteiger partial charge on any atom is 0.123 e.